The van der Waals surface area contributed by atoms with Crippen molar-refractivity contribution < 1.29 is 52.7 Å². The number of hydrogen-bond donors (Lipinski definition) is 0. The van der Waals surface area contributed by atoms with Crippen LogP contribution in [0.1, 0.15) is 33.4 Å². The number of benzene rings is 3. The molecular formula is C31H2F12N6. The summed E-state index contributed by atoms with van der Waals surface area (Å²) in [5.74, 6) is -33.7. The van der Waals surface area contributed by atoms with Crippen molar-refractivity contribution in [3.63, 3.8) is 0 Å². The van der Waals surface area contributed by atoms with E-state index in [-0.39, 0.29) is 0 Å². The summed E-state index contributed by atoms with van der Waals surface area (Å²) in [6.07, 6.45) is 0. The molecule has 2 aliphatic rings. The second kappa shape index (κ2) is 11.2. The van der Waals surface area contributed by atoms with Gasteiger partial charge in [0.1, 0.15) is 52.5 Å². The van der Waals surface area contributed by atoms with Crippen LogP contribution in [-0.2, 0) is 5.41 Å². The summed E-state index contributed by atoms with van der Waals surface area (Å²) in [6, 6.07) is 5.69. The molecule has 2 saturated carbocycles. The summed E-state index contributed by atoms with van der Waals surface area (Å²) in [5.41, 5.74) is -20.6. The van der Waals surface area contributed by atoms with Gasteiger partial charge in [-0.1, -0.05) is 0 Å². The number of hydrogen-bond acceptors (Lipinski definition) is 6. The zero-order chi connectivity index (χ0) is 36.6. The molecule has 2 aliphatic carbocycles. The van der Waals surface area contributed by atoms with Gasteiger partial charge in [0.05, 0.1) is 33.9 Å². The summed E-state index contributed by atoms with van der Waals surface area (Å²) in [6.45, 7) is 0. The van der Waals surface area contributed by atoms with Crippen LogP contribution in [-0.4, -0.2) is 0 Å². The highest BCUT2D eigenvalue weighted by atomic mass is 19.2. The maximum atomic E-state index is 15.3. The molecular weight excluding hydrogens is 684 g/mol. The molecule has 3 aromatic rings. The van der Waals surface area contributed by atoms with E-state index < -0.39 is 143 Å². The van der Waals surface area contributed by atoms with Crippen LogP contribution < -0.4 is 0 Å². The molecule has 5 rings (SSSR count). The smallest absolute Gasteiger partial charge is 0.180 e. The minimum atomic E-state index is -3.15. The summed E-state index contributed by atoms with van der Waals surface area (Å²) in [4.78, 5) is 0. The topological polar surface area (TPSA) is 143 Å². The van der Waals surface area contributed by atoms with E-state index in [9.17, 15) is 42.1 Å². The van der Waals surface area contributed by atoms with Gasteiger partial charge in [0.25, 0.3) is 0 Å². The van der Waals surface area contributed by atoms with E-state index in [1.807, 2.05) is 0 Å². The van der Waals surface area contributed by atoms with Crippen LogP contribution in [0.4, 0.5) is 52.7 Å². The molecule has 3 atom stereocenters. The standard InChI is InChI=1S/C31H2F12N6/c32-19-9(3-46)20(33)26(39)14(25(19)38)7(1-44)12-13(8(2-45)15-27(40)21(34)10(4-47)22(35)28(15)41)17-16(12)31(17,6-49)18-29(42)23(36)11(5-48)24(37)30(18)43/h16-17H/b12-7-,13-8+. The predicted molar refractivity (Wildman–Crippen MR) is 132 cm³/mol. The molecule has 0 aliphatic heterocycles. The molecule has 0 bridgehead atoms. The summed E-state index contributed by atoms with van der Waals surface area (Å²) in [7, 11) is 0. The average Bonchev–Trinajstić information content (AvgIpc) is 3.66. The second-order valence-corrected chi connectivity index (χ2v) is 10.1. The van der Waals surface area contributed by atoms with Gasteiger partial charge in [-0.2, -0.15) is 31.6 Å². The second-order valence-electron chi connectivity index (χ2n) is 10.1. The first-order valence-corrected chi connectivity index (χ1v) is 12.6. The third-order valence-corrected chi connectivity index (χ3v) is 8.10. The van der Waals surface area contributed by atoms with Crippen LogP contribution in [0.15, 0.2) is 11.1 Å². The van der Waals surface area contributed by atoms with Crippen molar-refractivity contribution in [2.45, 2.75) is 5.41 Å². The van der Waals surface area contributed by atoms with Crippen LogP contribution in [0.25, 0.3) is 11.1 Å². The van der Waals surface area contributed by atoms with E-state index in [2.05, 4.69) is 0 Å². The number of rotatable bonds is 3. The Hall–Kier alpha value is -6.76. The zero-order valence-electron chi connectivity index (χ0n) is 22.9. The van der Waals surface area contributed by atoms with Gasteiger partial charge in [-0.3, -0.25) is 0 Å². The SMILES string of the molecule is N#C/C(=C1\C(=C(\C#N)c2c(F)c(F)c(C#N)c(F)c2F)C2C1C2(C#N)c1c(F)c(F)c(C#N)c(F)c1F)c1c(F)c(F)c(C#N)c(F)c1F. The monoisotopic (exact) mass is 686 g/mol. The van der Waals surface area contributed by atoms with Gasteiger partial charge in [0.2, 0.25) is 0 Å². The normalized spacial score (nSPS) is 20.7. The molecule has 3 unspecified atom stereocenters. The van der Waals surface area contributed by atoms with E-state index in [1.54, 1.807) is 0 Å². The Morgan fingerprint density at radius 1 is 0.408 bits per heavy atom. The van der Waals surface area contributed by atoms with E-state index in [1.165, 1.54) is 6.07 Å². The van der Waals surface area contributed by atoms with Gasteiger partial charge in [-0.15, -0.1) is 0 Å². The fourth-order valence-electron chi connectivity index (χ4n) is 6.00. The Morgan fingerprint density at radius 2 is 0.673 bits per heavy atom. The van der Waals surface area contributed by atoms with E-state index in [4.69, 9.17) is 15.8 Å². The quantitative estimate of drug-likeness (QED) is 0.166. The van der Waals surface area contributed by atoms with E-state index >= 15 is 26.3 Å². The Bertz CT molecular complexity index is 2250. The van der Waals surface area contributed by atoms with Gasteiger partial charge < -0.3 is 0 Å². The number of nitrogens with zero attached hydrogens (tertiary/aromatic N) is 6. The maximum Gasteiger partial charge on any atom is 0.180 e. The van der Waals surface area contributed by atoms with Gasteiger partial charge in [-0.25, -0.2) is 52.7 Å². The highest BCUT2D eigenvalue weighted by Crippen LogP contribution is 2.78. The number of fused-ring (bicyclic) bond motifs is 1. The van der Waals surface area contributed by atoms with E-state index in [0.717, 1.165) is 30.3 Å². The largest absolute Gasteiger partial charge is 0.203 e. The Kier molecular flexibility index (Phi) is 7.68. The number of halogens is 12. The fourth-order valence-corrected chi connectivity index (χ4v) is 6.00. The molecule has 0 spiro atoms. The molecule has 240 valence electrons. The summed E-state index contributed by atoms with van der Waals surface area (Å²) >= 11 is 0. The van der Waals surface area contributed by atoms with Crippen molar-refractivity contribution in [1.29, 1.82) is 31.6 Å². The lowest BCUT2D eigenvalue weighted by Crippen LogP contribution is -2.17. The van der Waals surface area contributed by atoms with Crippen molar-refractivity contribution in [2.75, 3.05) is 0 Å². The lowest BCUT2D eigenvalue weighted by atomic mass is 9.76. The minimum absolute atomic E-state index is 0.791. The maximum absolute atomic E-state index is 15.3. The molecule has 6 nitrogen and oxygen atoms in total. The highest BCUT2D eigenvalue weighted by molar-refractivity contribution is 5.97. The van der Waals surface area contributed by atoms with Crippen molar-refractivity contribution in [3.8, 4) is 36.4 Å². The number of allylic oxidation sites excluding steroid dienone is 4. The van der Waals surface area contributed by atoms with Crippen molar-refractivity contribution in [2.24, 2.45) is 11.8 Å². The highest BCUT2D eigenvalue weighted by Gasteiger charge is 2.79. The van der Waals surface area contributed by atoms with Crippen molar-refractivity contribution in [1.82, 2.24) is 0 Å². The molecule has 0 aromatic heterocycles. The third-order valence-electron chi connectivity index (χ3n) is 8.10. The number of nitriles is 6. The van der Waals surface area contributed by atoms with Gasteiger partial charge in [0, 0.05) is 11.8 Å². The first kappa shape index (κ1) is 33.6. The van der Waals surface area contributed by atoms with Crippen molar-refractivity contribution >= 4 is 11.1 Å². The first-order chi connectivity index (χ1) is 23.1. The molecule has 0 radical (unpaired) electrons. The Balaban J connectivity index is 2.03. The zero-order valence-corrected chi connectivity index (χ0v) is 22.9. The lowest BCUT2D eigenvalue weighted by molar-refractivity contribution is 0.427. The first-order valence-electron chi connectivity index (χ1n) is 12.6. The van der Waals surface area contributed by atoms with Gasteiger partial charge >= 0.3 is 0 Å². The molecule has 18 heteroatoms. The summed E-state index contributed by atoms with van der Waals surface area (Å²) < 4.78 is 179. The molecule has 49 heavy (non-hydrogen) atoms. The van der Waals surface area contributed by atoms with Crippen LogP contribution in [0, 0.1) is 150 Å². The Labute approximate surface area is 263 Å². The third kappa shape index (κ3) is 3.98. The van der Waals surface area contributed by atoms with Crippen LogP contribution in [0.2, 0.25) is 0 Å². The van der Waals surface area contributed by atoms with Gasteiger partial charge in [0.15, 0.2) is 69.8 Å². The van der Waals surface area contributed by atoms with Crippen LogP contribution in [0.3, 0.4) is 0 Å². The van der Waals surface area contributed by atoms with Crippen LogP contribution >= 0.6 is 0 Å². The minimum Gasteiger partial charge on any atom is -0.203 e. The molecule has 0 heterocycles. The van der Waals surface area contributed by atoms with Crippen molar-refractivity contribution in [3.05, 3.63) is 114 Å². The fraction of sp³-hybridized carbons (Fsp3) is 0.0968. The van der Waals surface area contributed by atoms with Gasteiger partial charge in [-0.05, 0) is 11.1 Å². The lowest BCUT2D eigenvalue weighted by Gasteiger charge is -2.25. The average molecular weight is 686 g/mol. The molecule has 0 N–H and O–H groups in total. The molecule has 3 aromatic carbocycles. The Morgan fingerprint density at radius 3 is 0.898 bits per heavy atom. The predicted octanol–water partition coefficient (Wildman–Crippen LogP) is 6.95. The van der Waals surface area contributed by atoms with E-state index in [0.29, 0.717) is 0 Å². The molecule has 0 amide bonds. The molecule has 0 saturated heterocycles. The summed E-state index contributed by atoms with van der Waals surface area (Å²) in [5, 5.41) is 56.8. The molecule has 2 fully saturated rings. The van der Waals surface area contributed by atoms with Crippen LogP contribution in [0.5, 0.6) is 0 Å².